The minimum atomic E-state index is 0.494. The summed E-state index contributed by atoms with van der Waals surface area (Å²) in [5.74, 6) is 0.494. The molecule has 0 radical (unpaired) electrons. The van der Waals surface area contributed by atoms with Gasteiger partial charge < -0.3 is 5.73 Å². The molecule has 0 saturated heterocycles. The topological polar surface area (TPSA) is 51.3 Å². The number of nitrogen functional groups attached to an aromatic ring is 1. The van der Waals surface area contributed by atoms with Crippen LogP contribution in [0.25, 0.3) is 5.57 Å². The van der Waals surface area contributed by atoms with Gasteiger partial charge in [-0.15, -0.1) is 0 Å². The lowest BCUT2D eigenvalue weighted by Crippen LogP contribution is -2.30. The van der Waals surface area contributed by atoms with E-state index in [2.05, 4.69) is 54.2 Å². The number of nitrogens with two attached hydrogens (primary N) is 1. The number of allylic oxidation sites excluding steroid dienone is 3. The van der Waals surface area contributed by atoms with Gasteiger partial charge in [-0.1, -0.05) is 35.9 Å². The highest BCUT2D eigenvalue weighted by molar-refractivity contribution is 5.58. The monoisotopic (exact) mass is 289 g/mol. The maximum atomic E-state index is 5.74. The molecule has 1 aromatic heterocycles. The average Bonchev–Trinajstić information content (AvgIpc) is 2.48. The number of fused-ring (bicyclic) bond motifs is 1. The highest BCUT2D eigenvalue weighted by Crippen LogP contribution is 2.13. The van der Waals surface area contributed by atoms with Crippen molar-refractivity contribution in [2.45, 2.75) is 20.3 Å². The van der Waals surface area contributed by atoms with Crippen molar-refractivity contribution in [2.24, 2.45) is 4.99 Å². The minimum Gasteiger partial charge on any atom is -0.384 e. The van der Waals surface area contributed by atoms with Crippen molar-refractivity contribution >= 4 is 11.4 Å². The quantitative estimate of drug-likeness (QED) is 0.923. The number of aryl methyl sites for hydroxylation is 1. The Morgan fingerprint density at radius 2 is 1.77 bits per heavy atom. The van der Waals surface area contributed by atoms with Gasteiger partial charge in [0.1, 0.15) is 5.82 Å². The van der Waals surface area contributed by atoms with Gasteiger partial charge in [-0.05, 0) is 55.2 Å². The zero-order valence-electron chi connectivity index (χ0n) is 12.9. The summed E-state index contributed by atoms with van der Waals surface area (Å²) in [6.07, 6.45) is 6.93. The highest BCUT2D eigenvalue weighted by Gasteiger charge is 2.02. The van der Waals surface area contributed by atoms with Crippen LogP contribution in [0.4, 0.5) is 5.82 Å². The van der Waals surface area contributed by atoms with E-state index in [0.717, 1.165) is 17.2 Å². The number of aromatic nitrogens is 1. The van der Waals surface area contributed by atoms with E-state index < -0.39 is 0 Å². The van der Waals surface area contributed by atoms with Gasteiger partial charge in [0, 0.05) is 11.4 Å². The zero-order valence-corrected chi connectivity index (χ0v) is 12.9. The first kappa shape index (κ1) is 14.3. The third kappa shape index (κ3) is 3.14. The molecule has 3 heteroatoms. The summed E-state index contributed by atoms with van der Waals surface area (Å²) in [6, 6.07) is 12.4. The van der Waals surface area contributed by atoms with Crippen LogP contribution in [-0.2, 0) is 6.42 Å². The van der Waals surface area contributed by atoms with E-state index in [1.54, 1.807) is 6.20 Å². The standard InChI is InChI=1S/C19H19N3/c1-13-3-5-15(6-4-13)12-16-9-10-21-19-17(14(2)11-16)7-8-18(20)22-19/h3-11H,12H2,1-2H3,(H2,20,21,22). The van der Waals surface area contributed by atoms with Gasteiger partial charge in [-0.2, -0.15) is 0 Å². The molecule has 3 rings (SSSR count). The fourth-order valence-corrected chi connectivity index (χ4v) is 2.53. The second-order valence-electron chi connectivity index (χ2n) is 5.62. The summed E-state index contributed by atoms with van der Waals surface area (Å²) in [5.41, 5.74) is 11.4. The van der Waals surface area contributed by atoms with E-state index in [4.69, 9.17) is 5.73 Å². The van der Waals surface area contributed by atoms with Gasteiger partial charge >= 0.3 is 0 Å². The highest BCUT2D eigenvalue weighted by atomic mass is 14.9. The molecule has 0 unspecified atom stereocenters. The van der Waals surface area contributed by atoms with Gasteiger partial charge in [-0.25, -0.2) is 9.98 Å². The molecular formula is C19H19N3. The number of hydrogen-bond donors (Lipinski definition) is 1. The summed E-state index contributed by atoms with van der Waals surface area (Å²) >= 11 is 0. The molecular weight excluding hydrogens is 270 g/mol. The fraction of sp³-hybridized carbons (Fsp3) is 0.158. The summed E-state index contributed by atoms with van der Waals surface area (Å²) in [7, 11) is 0. The van der Waals surface area contributed by atoms with Crippen LogP contribution in [0.2, 0.25) is 0 Å². The second kappa shape index (κ2) is 5.98. The Morgan fingerprint density at radius 3 is 2.55 bits per heavy atom. The molecule has 2 aromatic rings. The Kier molecular flexibility index (Phi) is 3.88. The lowest BCUT2D eigenvalue weighted by atomic mass is 10.0. The van der Waals surface area contributed by atoms with E-state index in [1.807, 2.05) is 18.2 Å². The third-order valence-corrected chi connectivity index (χ3v) is 3.74. The summed E-state index contributed by atoms with van der Waals surface area (Å²) in [5, 5.41) is 1.03. The second-order valence-corrected chi connectivity index (χ2v) is 5.62. The van der Waals surface area contributed by atoms with E-state index in [1.165, 1.54) is 16.7 Å². The summed E-state index contributed by atoms with van der Waals surface area (Å²) in [6.45, 7) is 4.19. The minimum absolute atomic E-state index is 0.494. The largest absolute Gasteiger partial charge is 0.384 e. The van der Waals surface area contributed by atoms with Crippen LogP contribution in [-0.4, -0.2) is 4.98 Å². The van der Waals surface area contributed by atoms with Gasteiger partial charge in [0.2, 0.25) is 0 Å². The maximum Gasteiger partial charge on any atom is 0.161 e. The molecule has 0 atom stereocenters. The zero-order chi connectivity index (χ0) is 15.5. The van der Waals surface area contributed by atoms with Crippen molar-refractivity contribution in [1.82, 2.24) is 4.98 Å². The fourth-order valence-electron chi connectivity index (χ4n) is 2.53. The molecule has 0 amide bonds. The third-order valence-electron chi connectivity index (χ3n) is 3.74. The van der Waals surface area contributed by atoms with Crippen LogP contribution in [0.15, 0.2) is 65.3 Å². The molecule has 1 aliphatic heterocycles. The van der Waals surface area contributed by atoms with E-state index in [9.17, 15) is 0 Å². The molecule has 1 aliphatic rings. The SMILES string of the molecule is CC1=c2ccc(N)nc2=NC=CC(Cc2ccc(C)cc2)=C1. The molecule has 0 bridgehead atoms. The molecule has 0 spiro atoms. The molecule has 0 fully saturated rings. The number of nitrogens with zero attached hydrogens (tertiary/aromatic N) is 2. The number of pyridine rings is 1. The molecule has 110 valence electrons. The molecule has 0 saturated carbocycles. The van der Waals surface area contributed by atoms with Gasteiger partial charge in [-0.3, -0.25) is 0 Å². The lowest BCUT2D eigenvalue weighted by Gasteiger charge is -2.06. The maximum absolute atomic E-state index is 5.74. The Balaban J connectivity index is 2.01. The number of benzene rings is 1. The van der Waals surface area contributed by atoms with Crippen molar-refractivity contribution < 1.29 is 0 Å². The molecule has 3 nitrogen and oxygen atoms in total. The van der Waals surface area contributed by atoms with Crippen molar-refractivity contribution in [3.63, 3.8) is 0 Å². The first-order valence-electron chi connectivity index (χ1n) is 7.36. The molecule has 1 aromatic carbocycles. The Bertz CT molecular complexity index is 872. The van der Waals surface area contributed by atoms with Gasteiger partial charge in [0.25, 0.3) is 0 Å². The van der Waals surface area contributed by atoms with Crippen LogP contribution in [0.1, 0.15) is 18.1 Å². The number of rotatable bonds is 2. The normalized spacial score (nSPS) is 13.7. The van der Waals surface area contributed by atoms with Crippen LogP contribution in [0.3, 0.4) is 0 Å². The van der Waals surface area contributed by atoms with Crippen LogP contribution in [0, 0.1) is 6.92 Å². The van der Waals surface area contributed by atoms with Crippen LogP contribution < -0.4 is 16.4 Å². The van der Waals surface area contributed by atoms with Crippen molar-refractivity contribution in [3.8, 4) is 0 Å². The van der Waals surface area contributed by atoms with Crippen molar-refractivity contribution in [3.05, 3.63) is 82.2 Å². The van der Waals surface area contributed by atoms with Crippen molar-refractivity contribution in [2.75, 3.05) is 5.73 Å². The first-order valence-corrected chi connectivity index (χ1v) is 7.36. The number of anilines is 1. The molecule has 2 N–H and O–H groups in total. The Hall–Kier alpha value is -2.68. The smallest absolute Gasteiger partial charge is 0.161 e. The molecule has 2 heterocycles. The first-order chi connectivity index (χ1) is 10.6. The Morgan fingerprint density at radius 1 is 1.00 bits per heavy atom. The van der Waals surface area contributed by atoms with Crippen LogP contribution in [0.5, 0.6) is 0 Å². The van der Waals surface area contributed by atoms with E-state index in [0.29, 0.717) is 11.3 Å². The van der Waals surface area contributed by atoms with Crippen LogP contribution >= 0.6 is 0 Å². The Labute approximate surface area is 130 Å². The summed E-state index contributed by atoms with van der Waals surface area (Å²) in [4.78, 5) is 8.72. The average molecular weight is 289 g/mol. The summed E-state index contributed by atoms with van der Waals surface area (Å²) < 4.78 is 0. The van der Waals surface area contributed by atoms with E-state index in [-0.39, 0.29) is 0 Å². The lowest BCUT2D eigenvalue weighted by molar-refractivity contribution is 1.10. The predicted octanol–water partition coefficient (Wildman–Crippen LogP) is 2.46. The van der Waals surface area contributed by atoms with E-state index >= 15 is 0 Å². The number of hydrogen-bond acceptors (Lipinski definition) is 3. The van der Waals surface area contributed by atoms with Gasteiger partial charge in [0.15, 0.2) is 5.49 Å². The predicted molar refractivity (Wildman–Crippen MR) is 90.6 cm³/mol. The molecule has 0 aliphatic carbocycles. The molecule has 22 heavy (non-hydrogen) atoms. The van der Waals surface area contributed by atoms with Gasteiger partial charge in [0.05, 0.1) is 0 Å². The van der Waals surface area contributed by atoms with Crippen molar-refractivity contribution in [1.29, 1.82) is 0 Å².